The average molecular weight is 328 g/mol. The number of carbonyl (C=O) groups is 1. The van der Waals surface area contributed by atoms with Crippen LogP contribution in [-0.4, -0.2) is 31.3 Å². The molecule has 6 heteroatoms. The van der Waals surface area contributed by atoms with E-state index in [1.165, 1.54) is 0 Å². The van der Waals surface area contributed by atoms with Crippen molar-refractivity contribution >= 4 is 11.6 Å². The first kappa shape index (κ1) is 16.1. The monoisotopic (exact) mass is 328 g/mol. The van der Waals surface area contributed by atoms with Gasteiger partial charge in [0, 0.05) is 12.2 Å². The first-order chi connectivity index (χ1) is 11.7. The molecular weight excluding hydrogens is 308 g/mol. The number of nitrogens with two attached hydrogens (primary N) is 1. The SMILES string of the molecule is CC1Oc2ccccc2OC1C(=O)Nc1ccc(OCCN)cc1. The lowest BCUT2D eigenvalue weighted by Gasteiger charge is -2.31. The second-order valence-electron chi connectivity index (χ2n) is 5.46. The smallest absolute Gasteiger partial charge is 0.269 e. The normalized spacial score (nSPS) is 18.8. The minimum absolute atomic E-state index is 0.257. The zero-order valence-corrected chi connectivity index (χ0v) is 13.4. The van der Waals surface area contributed by atoms with E-state index >= 15 is 0 Å². The second kappa shape index (κ2) is 7.23. The highest BCUT2D eigenvalue weighted by atomic mass is 16.6. The van der Waals surface area contributed by atoms with Crippen LogP contribution in [0.1, 0.15) is 6.92 Å². The van der Waals surface area contributed by atoms with E-state index in [2.05, 4.69) is 5.32 Å². The summed E-state index contributed by atoms with van der Waals surface area (Å²) in [7, 11) is 0. The fraction of sp³-hybridized carbons (Fsp3) is 0.278. The number of anilines is 1. The number of hydrogen-bond acceptors (Lipinski definition) is 5. The maximum absolute atomic E-state index is 12.5. The van der Waals surface area contributed by atoms with E-state index < -0.39 is 6.10 Å². The number of amides is 1. The van der Waals surface area contributed by atoms with Crippen LogP contribution in [0.3, 0.4) is 0 Å². The summed E-state index contributed by atoms with van der Waals surface area (Å²) in [5.41, 5.74) is 6.06. The summed E-state index contributed by atoms with van der Waals surface area (Å²) in [5, 5.41) is 2.83. The fourth-order valence-electron chi connectivity index (χ4n) is 2.43. The van der Waals surface area contributed by atoms with Crippen molar-refractivity contribution in [3.63, 3.8) is 0 Å². The third kappa shape index (κ3) is 3.60. The standard InChI is InChI=1S/C18H20N2O4/c1-12-17(24-16-5-3-2-4-15(16)23-12)18(21)20-13-6-8-14(9-7-13)22-11-10-19/h2-9,12,17H,10-11,19H2,1H3,(H,20,21). The highest BCUT2D eigenvalue weighted by Crippen LogP contribution is 2.33. The molecule has 0 aliphatic carbocycles. The minimum atomic E-state index is -0.715. The number of hydrogen-bond donors (Lipinski definition) is 2. The molecule has 6 nitrogen and oxygen atoms in total. The fourth-order valence-corrected chi connectivity index (χ4v) is 2.43. The van der Waals surface area contributed by atoms with Crippen LogP contribution in [0, 0.1) is 0 Å². The van der Waals surface area contributed by atoms with Gasteiger partial charge in [0.05, 0.1) is 0 Å². The Morgan fingerprint density at radius 2 is 1.79 bits per heavy atom. The first-order valence-electron chi connectivity index (χ1n) is 7.83. The zero-order valence-electron chi connectivity index (χ0n) is 13.4. The summed E-state index contributed by atoms with van der Waals surface area (Å²) in [6.07, 6.45) is -1.10. The molecule has 0 bridgehead atoms. The van der Waals surface area contributed by atoms with E-state index in [-0.39, 0.29) is 12.0 Å². The Morgan fingerprint density at radius 3 is 2.46 bits per heavy atom. The molecular formula is C18H20N2O4. The summed E-state index contributed by atoms with van der Waals surface area (Å²) in [6.45, 7) is 2.72. The quantitative estimate of drug-likeness (QED) is 0.879. The molecule has 0 saturated heterocycles. The van der Waals surface area contributed by atoms with Gasteiger partial charge in [-0.1, -0.05) is 12.1 Å². The van der Waals surface area contributed by atoms with Gasteiger partial charge in [-0.05, 0) is 43.3 Å². The summed E-state index contributed by atoms with van der Waals surface area (Å²) in [6, 6.07) is 14.4. The molecule has 24 heavy (non-hydrogen) atoms. The van der Waals surface area contributed by atoms with Gasteiger partial charge in [-0.2, -0.15) is 0 Å². The number of para-hydroxylation sites is 2. The van der Waals surface area contributed by atoms with Gasteiger partial charge in [0.25, 0.3) is 5.91 Å². The summed E-state index contributed by atoms with van der Waals surface area (Å²) in [4.78, 5) is 12.5. The molecule has 3 N–H and O–H groups in total. The van der Waals surface area contributed by atoms with E-state index in [1.807, 2.05) is 25.1 Å². The molecule has 2 aromatic carbocycles. The Labute approximate surface area is 140 Å². The highest BCUT2D eigenvalue weighted by molar-refractivity contribution is 5.95. The third-order valence-electron chi connectivity index (χ3n) is 3.61. The topological polar surface area (TPSA) is 82.8 Å². The molecule has 1 heterocycles. The number of nitrogens with one attached hydrogen (secondary N) is 1. The van der Waals surface area contributed by atoms with Crippen molar-refractivity contribution in [1.82, 2.24) is 0 Å². The average Bonchev–Trinajstić information content (AvgIpc) is 2.60. The molecule has 0 aromatic heterocycles. The number of carbonyl (C=O) groups excluding carboxylic acids is 1. The molecule has 2 unspecified atom stereocenters. The molecule has 1 aliphatic heterocycles. The van der Waals surface area contributed by atoms with Gasteiger partial charge in [0.1, 0.15) is 18.5 Å². The predicted molar refractivity (Wildman–Crippen MR) is 90.6 cm³/mol. The third-order valence-corrected chi connectivity index (χ3v) is 3.61. The molecule has 3 rings (SSSR count). The lowest BCUT2D eigenvalue weighted by Crippen LogP contribution is -2.46. The Balaban J connectivity index is 1.64. The van der Waals surface area contributed by atoms with E-state index in [4.69, 9.17) is 19.9 Å². The van der Waals surface area contributed by atoms with Crippen LogP contribution in [0.2, 0.25) is 0 Å². The summed E-state index contributed by atoms with van der Waals surface area (Å²) < 4.78 is 16.9. The molecule has 0 radical (unpaired) electrons. The number of fused-ring (bicyclic) bond motifs is 1. The Hall–Kier alpha value is -2.73. The largest absolute Gasteiger partial charge is 0.492 e. The van der Waals surface area contributed by atoms with Crippen molar-refractivity contribution in [3.8, 4) is 17.2 Å². The number of rotatable bonds is 5. The first-order valence-corrected chi connectivity index (χ1v) is 7.83. The molecule has 126 valence electrons. The van der Waals surface area contributed by atoms with Crippen LogP contribution in [0.25, 0.3) is 0 Å². The molecule has 0 fully saturated rings. The summed E-state index contributed by atoms with van der Waals surface area (Å²) in [5.74, 6) is 1.67. The van der Waals surface area contributed by atoms with E-state index in [1.54, 1.807) is 30.3 Å². The predicted octanol–water partition coefficient (Wildman–Crippen LogP) is 2.19. The van der Waals surface area contributed by atoms with Gasteiger partial charge >= 0.3 is 0 Å². The lowest BCUT2D eigenvalue weighted by molar-refractivity contribution is -0.128. The van der Waals surface area contributed by atoms with E-state index in [0.29, 0.717) is 36.1 Å². The Kier molecular flexibility index (Phi) is 4.86. The van der Waals surface area contributed by atoms with Gasteiger partial charge in [0.2, 0.25) is 6.10 Å². The van der Waals surface area contributed by atoms with E-state index in [9.17, 15) is 4.79 Å². The van der Waals surface area contributed by atoms with Crippen LogP contribution >= 0.6 is 0 Å². The van der Waals surface area contributed by atoms with Gasteiger partial charge in [0.15, 0.2) is 11.5 Å². The molecule has 0 saturated carbocycles. The van der Waals surface area contributed by atoms with Crippen molar-refractivity contribution in [1.29, 1.82) is 0 Å². The molecule has 2 atom stereocenters. The van der Waals surface area contributed by atoms with Crippen LogP contribution in [0.4, 0.5) is 5.69 Å². The van der Waals surface area contributed by atoms with Crippen molar-refractivity contribution < 1.29 is 19.0 Å². The van der Waals surface area contributed by atoms with Crippen LogP contribution in [0.5, 0.6) is 17.2 Å². The number of ether oxygens (including phenoxy) is 3. The van der Waals surface area contributed by atoms with Crippen molar-refractivity contribution in [2.45, 2.75) is 19.1 Å². The molecule has 0 spiro atoms. The van der Waals surface area contributed by atoms with Crippen LogP contribution in [-0.2, 0) is 4.79 Å². The van der Waals surface area contributed by atoms with Gasteiger partial charge in [-0.3, -0.25) is 4.79 Å². The van der Waals surface area contributed by atoms with Crippen LogP contribution in [0.15, 0.2) is 48.5 Å². The van der Waals surface area contributed by atoms with E-state index in [0.717, 1.165) is 0 Å². The lowest BCUT2D eigenvalue weighted by atomic mass is 10.1. The molecule has 2 aromatic rings. The maximum Gasteiger partial charge on any atom is 0.269 e. The van der Waals surface area contributed by atoms with Crippen LogP contribution < -0.4 is 25.3 Å². The summed E-state index contributed by atoms with van der Waals surface area (Å²) >= 11 is 0. The van der Waals surface area contributed by atoms with Gasteiger partial charge < -0.3 is 25.3 Å². The van der Waals surface area contributed by atoms with Crippen molar-refractivity contribution in [3.05, 3.63) is 48.5 Å². The second-order valence-corrected chi connectivity index (χ2v) is 5.46. The zero-order chi connectivity index (χ0) is 16.9. The van der Waals surface area contributed by atoms with Crippen molar-refractivity contribution in [2.75, 3.05) is 18.5 Å². The minimum Gasteiger partial charge on any atom is -0.492 e. The Morgan fingerprint density at radius 1 is 1.12 bits per heavy atom. The van der Waals surface area contributed by atoms with Gasteiger partial charge in [-0.15, -0.1) is 0 Å². The molecule has 1 aliphatic rings. The Bertz CT molecular complexity index is 702. The van der Waals surface area contributed by atoms with Gasteiger partial charge in [-0.25, -0.2) is 0 Å². The highest BCUT2D eigenvalue weighted by Gasteiger charge is 2.34. The maximum atomic E-state index is 12.5. The number of benzene rings is 2. The molecule has 1 amide bonds. The van der Waals surface area contributed by atoms with Crippen molar-refractivity contribution in [2.24, 2.45) is 5.73 Å².